The van der Waals surface area contributed by atoms with Crippen molar-refractivity contribution >= 4 is 5.91 Å². The molecule has 0 aromatic heterocycles. The fourth-order valence-corrected chi connectivity index (χ4v) is 3.30. The molecule has 1 aliphatic heterocycles. The minimum absolute atomic E-state index is 0.213. The van der Waals surface area contributed by atoms with Crippen LogP contribution in [-0.2, 0) is 4.79 Å². The highest BCUT2D eigenvalue weighted by Gasteiger charge is 2.34. The van der Waals surface area contributed by atoms with Crippen LogP contribution in [0.3, 0.4) is 0 Å². The van der Waals surface area contributed by atoms with Gasteiger partial charge in [-0.05, 0) is 55.5 Å². The summed E-state index contributed by atoms with van der Waals surface area (Å²) in [5.74, 6) is 2.33. The van der Waals surface area contributed by atoms with Gasteiger partial charge in [0.1, 0.15) is 0 Å². The van der Waals surface area contributed by atoms with E-state index >= 15 is 0 Å². The lowest BCUT2D eigenvalue weighted by Crippen LogP contribution is -2.41. The summed E-state index contributed by atoms with van der Waals surface area (Å²) in [6, 6.07) is 0.417. The van der Waals surface area contributed by atoms with E-state index in [1.807, 2.05) is 0 Å². The minimum Gasteiger partial charge on any atom is -0.353 e. The van der Waals surface area contributed by atoms with Gasteiger partial charge < -0.3 is 10.6 Å². The highest BCUT2D eigenvalue weighted by molar-refractivity contribution is 5.76. The van der Waals surface area contributed by atoms with Gasteiger partial charge in [0, 0.05) is 12.5 Å². The molecule has 2 aliphatic rings. The zero-order valence-corrected chi connectivity index (χ0v) is 13.0. The van der Waals surface area contributed by atoms with E-state index in [4.69, 9.17) is 0 Å². The van der Waals surface area contributed by atoms with Crippen molar-refractivity contribution in [2.24, 2.45) is 23.2 Å². The first-order valence-corrected chi connectivity index (χ1v) is 7.86. The second-order valence-electron chi connectivity index (χ2n) is 7.73. The summed E-state index contributed by atoms with van der Waals surface area (Å²) in [5.41, 5.74) is 0.213. The lowest BCUT2D eigenvalue weighted by molar-refractivity contribution is -0.123. The Morgan fingerprint density at radius 1 is 1.26 bits per heavy atom. The Hall–Kier alpha value is -0.570. The average Bonchev–Trinajstić information content (AvgIpc) is 2.74. The molecule has 2 rings (SSSR count). The van der Waals surface area contributed by atoms with Gasteiger partial charge in [0.2, 0.25) is 5.91 Å². The van der Waals surface area contributed by atoms with Gasteiger partial charge in [-0.1, -0.05) is 27.7 Å². The molecule has 0 spiro atoms. The highest BCUT2D eigenvalue weighted by atomic mass is 16.1. The van der Waals surface area contributed by atoms with Gasteiger partial charge in [-0.15, -0.1) is 0 Å². The zero-order valence-electron chi connectivity index (χ0n) is 13.0. The largest absolute Gasteiger partial charge is 0.353 e. The number of carbonyl (C=O) groups excluding carboxylic acids is 1. The van der Waals surface area contributed by atoms with Crippen molar-refractivity contribution in [1.29, 1.82) is 0 Å². The van der Waals surface area contributed by atoms with Crippen LogP contribution in [0, 0.1) is 23.2 Å². The molecule has 2 N–H and O–H groups in total. The monoisotopic (exact) mass is 266 g/mol. The number of carbonyl (C=O) groups is 1. The fourth-order valence-electron chi connectivity index (χ4n) is 3.30. The number of hydrogen-bond acceptors (Lipinski definition) is 2. The Labute approximate surface area is 117 Å². The molecule has 1 heterocycles. The number of rotatable bonds is 3. The quantitative estimate of drug-likeness (QED) is 0.824. The first-order chi connectivity index (χ1) is 8.86. The van der Waals surface area contributed by atoms with Gasteiger partial charge >= 0.3 is 0 Å². The van der Waals surface area contributed by atoms with Gasteiger partial charge in [-0.25, -0.2) is 0 Å². The third-order valence-corrected chi connectivity index (χ3v) is 5.29. The molecule has 19 heavy (non-hydrogen) atoms. The Morgan fingerprint density at radius 3 is 2.63 bits per heavy atom. The van der Waals surface area contributed by atoms with Crippen LogP contribution in [0.1, 0.15) is 53.4 Å². The van der Waals surface area contributed by atoms with Crippen molar-refractivity contribution in [3.05, 3.63) is 0 Å². The summed E-state index contributed by atoms with van der Waals surface area (Å²) in [6.07, 6.45) is 4.27. The van der Waals surface area contributed by atoms with Crippen LogP contribution in [0.5, 0.6) is 0 Å². The van der Waals surface area contributed by atoms with Crippen LogP contribution in [0.15, 0.2) is 0 Å². The van der Waals surface area contributed by atoms with Crippen LogP contribution in [0.2, 0.25) is 0 Å². The van der Waals surface area contributed by atoms with Crippen molar-refractivity contribution in [3.8, 4) is 0 Å². The number of amides is 1. The second-order valence-corrected chi connectivity index (χ2v) is 7.73. The summed E-state index contributed by atoms with van der Waals surface area (Å²) in [6.45, 7) is 11.1. The zero-order chi connectivity index (χ0) is 14.0. The van der Waals surface area contributed by atoms with Gasteiger partial charge in [-0.2, -0.15) is 0 Å². The van der Waals surface area contributed by atoms with E-state index in [0.717, 1.165) is 18.4 Å². The Balaban J connectivity index is 1.76. The summed E-state index contributed by atoms with van der Waals surface area (Å²) in [5, 5.41) is 6.75. The Kier molecular flexibility index (Phi) is 4.54. The summed E-state index contributed by atoms with van der Waals surface area (Å²) in [4.78, 5) is 12.1. The molecule has 0 aromatic rings. The fraction of sp³-hybridized carbons (Fsp3) is 0.938. The molecule has 1 saturated carbocycles. The molecule has 2 unspecified atom stereocenters. The molecule has 110 valence electrons. The molecule has 4 atom stereocenters. The third-order valence-electron chi connectivity index (χ3n) is 5.29. The number of nitrogens with one attached hydrogen (secondary N) is 2. The van der Waals surface area contributed by atoms with Crippen LogP contribution < -0.4 is 10.6 Å². The summed E-state index contributed by atoms with van der Waals surface area (Å²) < 4.78 is 0. The first-order valence-electron chi connectivity index (χ1n) is 7.86. The first kappa shape index (κ1) is 14.8. The molecule has 1 amide bonds. The predicted molar refractivity (Wildman–Crippen MR) is 78.9 cm³/mol. The van der Waals surface area contributed by atoms with Crippen LogP contribution >= 0.6 is 0 Å². The van der Waals surface area contributed by atoms with Crippen LogP contribution in [-0.4, -0.2) is 25.0 Å². The van der Waals surface area contributed by atoms with Crippen molar-refractivity contribution in [2.75, 3.05) is 13.1 Å². The number of fused-ring (bicyclic) bond motifs is 1. The number of hydrogen-bond donors (Lipinski definition) is 2. The molecule has 0 bridgehead atoms. The molecule has 0 aromatic carbocycles. The van der Waals surface area contributed by atoms with E-state index in [1.165, 1.54) is 25.8 Å². The summed E-state index contributed by atoms with van der Waals surface area (Å²) >= 11 is 0. The van der Waals surface area contributed by atoms with E-state index in [2.05, 4.69) is 38.3 Å². The van der Waals surface area contributed by atoms with Crippen molar-refractivity contribution in [2.45, 2.75) is 59.4 Å². The lowest BCUT2D eigenvalue weighted by atomic mass is 9.78. The molecular formula is C16H30N2O. The van der Waals surface area contributed by atoms with Gasteiger partial charge in [-0.3, -0.25) is 4.79 Å². The Bertz CT molecular complexity index is 321. The second kappa shape index (κ2) is 5.82. The minimum atomic E-state index is 0.213. The van der Waals surface area contributed by atoms with Gasteiger partial charge in [0.05, 0.1) is 0 Å². The van der Waals surface area contributed by atoms with Crippen LogP contribution in [0.25, 0.3) is 0 Å². The van der Waals surface area contributed by atoms with Gasteiger partial charge in [0.15, 0.2) is 0 Å². The third kappa shape index (κ3) is 3.95. The SMILES string of the molecule is CC(CC(=O)NC1CC[C@H]2CNC[C@H]2C1)C(C)(C)C. The van der Waals surface area contributed by atoms with E-state index < -0.39 is 0 Å². The molecule has 1 saturated heterocycles. The lowest BCUT2D eigenvalue weighted by Gasteiger charge is -2.32. The molecule has 1 aliphatic carbocycles. The molecule has 2 fully saturated rings. The highest BCUT2D eigenvalue weighted by Crippen LogP contribution is 2.33. The molecule has 3 nitrogen and oxygen atoms in total. The Morgan fingerprint density at radius 2 is 1.95 bits per heavy atom. The van der Waals surface area contributed by atoms with E-state index in [0.29, 0.717) is 18.4 Å². The smallest absolute Gasteiger partial charge is 0.220 e. The maximum Gasteiger partial charge on any atom is 0.220 e. The van der Waals surface area contributed by atoms with E-state index in [9.17, 15) is 4.79 Å². The average molecular weight is 266 g/mol. The van der Waals surface area contributed by atoms with Crippen molar-refractivity contribution in [1.82, 2.24) is 10.6 Å². The van der Waals surface area contributed by atoms with Crippen LogP contribution in [0.4, 0.5) is 0 Å². The predicted octanol–water partition coefficient (Wildman–Crippen LogP) is 2.56. The molecular weight excluding hydrogens is 236 g/mol. The topological polar surface area (TPSA) is 41.1 Å². The van der Waals surface area contributed by atoms with Crippen molar-refractivity contribution in [3.63, 3.8) is 0 Å². The summed E-state index contributed by atoms with van der Waals surface area (Å²) in [7, 11) is 0. The van der Waals surface area contributed by atoms with E-state index in [-0.39, 0.29) is 11.3 Å². The maximum atomic E-state index is 12.1. The normalized spacial score (nSPS) is 32.7. The molecule has 0 radical (unpaired) electrons. The van der Waals surface area contributed by atoms with Crippen molar-refractivity contribution < 1.29 is 4.79 Å². The standard InChI is InChI=1S/C16H30N2O/c1-11(16(2,3)4)7-15(19)18-14-6-5-12-9-17-10-13(12)8-14/h11-14,17H,5-10H2,1-4H3,(H,18,19)/t11?,12-,13+,14?/m0/s1. The van der Waals surface area contributed by atoms with E-state index in [1.54, 1.807) is 0 Å². The molecule has 3 heteroatoms. The maximum absolute atomic E-state index is 12.1. The van der Waals surface area contributed by atoms with Gasteiger partial charge in [0.25, 0.3) is 0 Å².